The van der Waals surface area contributed by atoms with Gasteiger partial charge in [0.1, 0.15) is 24.2 Å². The zero-order chi connectivity index (χ0) is 43.0. The second kappa shape index (κ2) is 26.5. The molecular weight excluding hydrogens is 747 g/mol. The van der Waals surface area contributed by atoms with E-state index in [0.717, 1.165) is 45.1 Å². The lowest BCUT2D eigenvalue weighted by atomic mass is 10.0. The van der Waals surface area contributed by atoms with Crippen LogP contribution >= 0.6 is 0 Å². The van der Waals surface area contributed by atoms with Gasteiger partial charge in [0.2, 0.25) is 29.5 Å². The summed E-state index contributed by atoms with van der Waals surface area (Å²) in [5, 5.41) is 25.4. The van der Waals surface area contributed by atoms with Crippen LogP contribution in [-0.2, 0) is 39.9 Å². The molecule has 320 valence electrons. The van der Waals surface area contributed by atoms with Gasteiger partial charge in [0.25, 0.3) is 5.91 Å². The van der Waals surface area contributed by atoms with E-state index in [1.807, 2.05) is 19.9 Å². The highest BCUT2D eigenvalue weighted by Gasteiger charge is 2.32. The lowest BCUT2D eigenvalue weighted by Gasteiger charge is -2.27. The molecule has 58 heavy (non-hydrogen) atoms. The third kappa shape index (κ3) is 17.8. The SMILES string of the molecule is CCN(CC)CCCCC[C@H](NC(=O)[C@H](CC(C)C)NC(=O)[C@H](C)NC(=O)[C@H](Cc1ccccc1)NC(=O)CNC(=O)c1ccccc1)C(=O)N[C@@H](CO)C(=O)OC. The van der Waals surface area contributed by atoms with Gasteiger partial charge < -0.3 is 46.6 Å². The van der Waals surface area contributed by atoms with Gasteiger partial charge in [-0.25, -0.2) is 4.79 Å². The number of nitrogens with one attached hydrogen (secondary N) is 6. The predicted molar refractivity (Wildman–Crippen MR) is 219 cm³/mol. The van der Waals surface area contributed by atoms with Crippen LogP contribution in [0.4, 0.5) is 0 Å². The molecule has 16 nitrogen and oxygen atoms in total. The minimum absolute atomic E-state index is 0.0701. The van der Waals surface area contributed by atoms with Crippen molar-refractivity contribution >= 4 is 41.4 Å². The average molecular weight is 810 g/mol. The molecule has 5 atom stereocenters. The minimum Gasteiger partial charge on any atom is -0.467 e. The molecule has 0 radical (unpaired) electrons. The number of rotatable bonds is 26. The highest BCUT2D eigenvalue weighted by molar-refractivity contribution is 5.98. The summed E-state index contributed by atoms with van der Waals surface area (Å²) in [5.41, 5.74) is 1.11. The number of ether oxygens (including phenoxy) is 1. The van der Waals surface area contributed by atoms with Crippen LogP contribution in [0.15, 0.2) is 60.7 Å². The predicted octanol–water partition coefficient (Wildman–Crippen LogP) is 1.22. The third-order valence-electron chi connectivity index (χ3n) is 9.45. The van der Waals surface area contributed by atoms with Gasteiger partial charge in [-0.05, 0) is 69.4 Å². The molecular formula is C42H63N7O9. The molecule has 0 heterocycles. The first-order valence-corrected chi connectivity index (χ1v) is 20.0. The molecule has 0 spiro atoms. The zero-order valence-corrected chi connectivity index (χ0v) is 34.7. The Bertz CT molecular complexity index is 1610. The summed E-state index contributed by atoms with van der Waals surface area (Å²) in [6.07, 6.45) is 2.74. The molecule has 0 aliphatic rings. The quantitative estimate of drug-likeness (QED) is 0.0532. The minimum atomic E-state index is -1.33. The van der Waals surface area contributed by atoms with Crippen molar-refractivity contribution in [2.45, 2.75) is 103 Å². The van der Waals surface area contributed by atoms with Crippen LogP contribution in [0.5, 0.6) is 0 Å². The van der Waals surface area contributed by atoms with Crippen LogP contribution < -0.4 is 31.9 Å². The number of methoxy groups -OCH3 is 1. The number of unbranched alkanes of at least 4 members (excludes halogenated alkanes) is 2. The summed E-state index contributed by atoms with van der Waals surface area (Å²) in [6, 6.07) is 11.5. The molecule has 0 bridgehead atoms. The van der Waals surface area contributed by atoms with Crippen molar-refractivity contribution in [1.29, 1.82) is 0 Å². The number of hydrogen-bond acceptors (Lipinski definition) is 10. The smallest absolute Gasteiger partial charge is 0.330 e. The number of aliphatic hydroxyl groups excluding tert-OH is 1. The maximum atomic E-state index is 13.8. The Morgan fingerprint density at radius 3 is 1.83 bits per heavy atom. The first kappa shape index (κ1) is 48.8. The molecule has 0 saturated heterocycles. The highest BCUT2D eigenvalue weighted by Crippen LogP contribution is 2.11. The summed E-state index contributed by atoms with van der Waals surface area (Å²) >= 11 is 0. The fourth-order valence-electron chi connectivity index (χ4n) is 6.07. The molecule has 0 saturated carbocycles. The van der Waals surface area contributed by atoms with Gasteiger partial charge in [-0.3, -0.25) is 28.8 Å². The van der Waals surface area contributed by atoms with E-state index < -0.39 is 84.8 Å². The number of carbonyl (C=O) groups is 7. The van der Waals surface area contributed by atoms with Crippen molar-refractivity contribution in [3.8, 4) is 0 Å². The number of aliphatic hydroxyl groups is 1. The molecule has 0 unspecified atom stereocenters. The molecule has 2 aromatic carbocycles. The summed E-state index contributed by atoms with van der Waals surface area (Å²) in [4.78, 5) is 94.2. The lowest BCUT2D eigenvalue weighted by molar-refractivity contribution is -0.146. The maximum Gasteiger partial charge on any atom is 0.330 e. The van der Waals surface area contributed by atoms with Crippen LogP contribution in [0.2, 0.25) is 0 Å². The van der Waals surface area contributed by atoms with Crippen LogP contribution in [0.1, 0.15) is 82.6 Å². The molecule has 6 amide bonds. The Morgan fingerprint density at radius 2 is 1.24 bits per heavy atom. The summed E-state index contributed by atoms with van der Waals surface area (Å²) in [7, 11) is 1.13. The number of esters is 1. The van der Waals surface area contributed by atoms with Crippen molar-refractivity contribution in [2.75, 3.05) is 39.9 Å². The topological polar surface area (TPSA) is 224 Å². The molecule has 7 N–H and O–H groups in total. The molecule has 0 aliphatic carbocycles. The molecule has 2 aromatic rings. The van der Waals surface area contributed by atoms with Gasteiger partial charge in [-0.1, -0.05) is 89.1 Å². The molecule has 16 heteroatoms. The number of hydrogen-bond donors (Lipinski definition) is 7. The first-order valence-electron chi connectivity index (χ1n) is 20.0. The lowest BCUT2D eigenvalue weighted by Crippen LogP contribution is -2.59. The number of benzene rings is 2. The monoisotopic (exact) mass is 809 g/mol. The van der Waals surface area contributed by atoms with Gasteiger partial charge >= 0.3 is 5.97 Å². The van der Waals surface area contributed by atoms with Crippen molar-refractivity contribution in [3.63, 3.8) is 0 Å². The van der Waals surface area contributed by atoms with Gasteiger partial charge in [0.05, 0.1) is 20.3 Å². The largest absolute Gasteiger partial charge is 0.467 e. The fourth-order valence-corrected chi connectivity index (χ4v) is 6.07. The Labute approximate surface area is 342 Å². The van der Waals surface area contributed by atoms with E-state index in [4.69, 9.17) is 0 Å². The summed E-state index contributed by atoms with van der Waals surface area (Å²) in [5.74, 6) is -4.68. The number of carbonyl (C=O) groups excluding carboxylic acids is 7. The van der Waals surface area contributed by atoms with Crippen molar-refractivity contribution in [2.24, 2.45) is 5.92 Å². The second-order valence-electron chi connectivity index (χ2n) is 14.5. The third-order valence-corrected chi connectivity index (χ3v) is 9.45. The van der Waals surface area contributed by atoms with E-state index in [-0.39, 0.29) is 25.2 Å². The number of nitrogens with zero attached hydrogens (tertiary/aromatic N) is 1. The van der Waals surface area contributed by atoms with E-state index >= 15 is 0 Å². The van der Waals surface area contributed by atoms with E-state index in [2.05, 4.69) is 55.4 Å². The van der Waals surface area contributed by atoms with Gasteiger partial charge in [-0.2, -0.15) is 0 Å². The second-order valence-corrected chi connectivity index (χ2v) is 14.5. The molecule has 0 aliphatic heterocycles. The Kier molecular flexibility index (Phi) is 22.3. The van der Waals surface area contributed by atoms with Gasteiger partial charge in [0, 0.05) is 12.0 Å². The van der Waals surface area contributed by atoms with E-state index in [1.165, 1.54) is 6.92 Å². The normalized spacial score (nSPS) is 13.6. The van der Waals surface area contributed by atoms with E-state index in [1.54, 1.807) is 54.6 Å². The highest BCUT2D eigenvalue weighted by atomic mass is 16.5. The van der Waals surface area contributed by atoms with Crippen LogP contribution in [0, 0.1) is 5.92 Å². The van der Waals surface area contributed by atoms with Crippen molar-refractivity contribution in [1.82, 2.24) is 36.8 Å². The maximum absolute atomic E-state index is 13.8. The summed E-state index contributed by atoms with van der Waals surface area (Å²) < 4.78 is 4.68. The van der Waals surface area contributed by atoms with Crippen molar-refractivity contribution < 1.29 is 43.4 Å². The molecule has 0 aromatic heterocycles. The Balaban J connectivity index is 2.16. The molecule has 2 rings (SSSR count). The van der Waals surface area contributed by atoms with E-state index in [9.17, 15) is 38.7 Å². The van der Waals surface area contributed by atoms with Crippen LogP contribution in [0.3, 0.4) is 0 Å². The van der Waals surface area contributed by atoms with E-state index in [0.29, 0.717) is 12.0 Å². The molecule has 0 fully saturated rings. The Hall–Kier alpha value is -5.35. The van der Waals surface area contributed by atoms with Gasteiger partial charge in [0.15, 0.2) is 6.04 Å². The standard InChI is InChI=1S/C42H63N7O9/c1-7-49(8-2)23-17-11-16-22-32(39(54)48-35(27-50)42(57)58-6)46-41(56)33(24-28(3)4)47-37(52)29(5)44-40(55)34(25-30-18-12-9-13-19-30)45-36(51)26-43-38(53)31-20-14-10-15-21-31/h9-10,12-15,18-21,28-29,32-35,50H,7-8,11,16-17,22-27H2,1-6H3,(H,43,53)(H,44,55)(H,45,51)(H,46,56)(H,47,52)(H,48,54)/t29-,32-,33-,34-,35-/m0/s1. The average Bonchev–Trinajstić information content (AvgIpc) is 3.22. The van der Waals surface area contributed by atoms with Gasteiger partial charge in [-0.15, -0.1) is 0 Å². The van der Waals surface area contributed by atoms with Crippen molar-refractivity contribution in [3.05, 3.63) is 71.8 Å². The van der Waals surface area contributed by atoms with Crippen LogP contribution in [-0.4, -0.2) is 122 Å². The fraction of sp³-hybridized carbons (Fsp3) is 0.548. The first-order chi connectivity index (χ1) is 27.7. The number of amides is 6. The summed E-state index contributed by atoms with van der Waals surface area (Å²) in [6.45, 7) is 10.9. The zero-order valence-electron chi connectivity index (χ0n) is 34.7. The van der Waals surface area contributed by atoms with Crippen LogP contribution in [0.25, 0.3) is 0 Å². The Morgan fingerprint density at radius 1 is 0.672 bits per heavy atom.